The Balaban J connectivity index is 1.77. The lowest BCUT2D eigenvalue weighted by atomic mass is 10.2. The van der Waals surface area contributed by atoms with Crippen LogP contribution in [0.2, 0.25) is 11.7 Å². The Morgan fingerprint density at radius 1 is 0.889 bits per heavy atom. The molecule has 0 aliphatic rings. The summed E-state index contributed by atoms with van der Waals surface area (Å²) in [6.07, 6.45) is 0. The van der Waals surface area contributed by atoms with Crippen LogP contribution in [0.3, 0.4) is 0 Å². The van der Waals surface area contributed by atoms with Gasteiger partial charge < -0.3 is 4.74 Å². The van der Waals surface area contributed by atoms with Crippen molar-refractivity contribution in [1.82, 2.24) is 4.98 Å². The molecule has 5 heteroatoms. The minimum absolute atomic E-state index is 0.250. The molecule has 4 rings (SSSR count). The topological polar surface area (TPSA) is 22.1 Å². The molecule has 0 saturated heterocycles. The van der Waals surface area contributed by atoms with E-state index in [-0.39, 0.29) is 11.0 Å². The maximum Gasteiger partial charge on any atom is 0.172 e. The van der Waals surface area contributed by atoms with E-state index in [1.54, 1.807) is 12.1 Å². The van der Waals surface area contributed by atoms with Crippen LogP contribution in [0.25, 0.3) is 10.9 Å². The first-order valence-electron chi connectivity index (χ1n) is 8.70. The Hall–Kier alpha value is -2.69. The van der Waals surface area contributed by atoms with Crippen LogP contribution in [0.4, 0.5) is 4.39 Å². The number of halogens is 2. The highest BCUT2D eigenvalue weighted by Gasteiger charge is 2.21. The highest BCUT2D eigenvalue weighted by molar-refractivity contribution is 6.84. The molecule has 27 heavy (non-hydrogen) atoms. The fraction of sp³-hybridized carbons (Fsp3) is 0.0455. The lowest BCUT2D eigenvalue weighted by Crippen LogP contribution is -2.41. The van der Waals surface area contributed by atoms with Crippen LogP contribution in [0.5, 0.6) is 11.5 Å². The van der Waals surface area contributed by atoms with Gasteiger partial charge in [-0.15, -0.1) is 0 Å². The number of benzene rings is 3. The van der Waals surface area contributed by atoms with Crippen molar-refractivity contribution in [1.29, 1.82) is 0 Å². The number of ether oxygens (including phenoxy) is 1. The van der Waals surface area contributed by atoms with E-state index in [0.29, 0.717) is 16.7 Å². The van der Waals surface area contributed by atoms with Gasteiger partial charge in [-0.05, 0) is 24.3 Å². The summed E-state index contributed by atoms with van der Waals surface area (Å²) in [5, 5.41) is 2.96. The van der Waals surface area contributed by atoms with Crippen LogP contribution in [0.1, 0.15) is 0 Å². The molecule has 0 amide bonds. The number of hydrogen-bond donors (Lipinski definition) is 0. The van der Waals surface area contributed by atoms with Gasteiger partial charge in [0.05, 0.1) is 5.52 Å². The van der Waals surface area contributed by atoms with Crippen molar-refractivity contribution >= 4 is 41.7 Å². The largest absolute Gasteiger partial charge is 0.454 e. The number of rotatable bonds is 4. The quantitative estimate of drug-likeness (QED) is 0.367. The minimum atomic E-state index is -1.77. The third-order valence-electron chi connectivity index (χ3n) is 4.61. The summed E-state index contributed by atoms with van der Waals surface area (Å²) < 4.78 is 20.8. The van der Waals surface area contributed by atoms with Gasteiger partial charge in [-0.25, -0.2) is 9.37 Å². The van der Waals surface area contributed by atoms with Gasteiger partial charge in [0.25, 0.3) is 0 Å². The van der Waals surface area contributed by atoms with Crippen molar-refractivity contribution in [2.75, 3.05) is 0 Å². The Bertz CT molecular complexity index is 1100. The standard InChI is InChI=1S/C22H17ClFNOSi/c1-27(16-9-3-2-4-10-16)21-17(24)11-7-13-19(21)26-20-14-15-8-5-6-12-18(15)25-22(20)23/h2-14,27H,1H3. The Morgan fingerprint density at radius 2 is 1.63 bits per heavy atom. The van der Waals surface area contributed by atoms with Gasteiger partial charge in [0.15, 0.2) is 10.9 Å². The molecule has 3 aromatic carbocycles. The minimum Gasteiger partial charge on any atom is -0.454 e. The molecule has 0 N–H and O–H groups in total. The van der Waals surface area contributed by atoms with Gasteiger partial charge in [0.1, 0.15) is 20.4 Å². The molecule has 1 atom stereocenters. The molecular weight excluding hydrogens is 377 g/mol. The number of para-hydroxylation sites is 1. The highest BCUT2D eigenvalue weighted by atomic mass is 35.5. The average Bonchev–Trinajstić information content (AvgIpc) is 2.69. The summed E-state index contributed by atoms with van der Waals surface area (Å²) >= 11 is 6.32. The van der Waals surface area contributed by atoms with Gasteiger partial charge in [0, 0.05) is 10.6 Å². The zero-order valence-corrected chi connectivity index (χ0v) is 16.6. The SMILES string of the molecule is C[SiH](c1ccccc1)c1c(F)cccc1Oc1cc2ccccc2nc1Cl. The van der Waals surface area contributed by atoms with Gasteiger partial charge in [-0.2, -0.15) is 0 Å². The molecule has 0 radical (unpaired) electrons. The van der Waals surface area contributed by atoms with Gasteiger partial charge >= 0.3 is 0 Å². The summed E-state index contributed by atoms with van der Waals surface area (Å²) in [5.74, 6) is 0.675. The van der Waals surface area contributed by atoms with Crippen molar-refractivity contribution in [3.63, 3.8) is 0 Å². The van der Waals surface area contributed by atoms with Crippen LogP contribution in [-0.2, 0) is 0 Å². The fourth-order valence-electron chi connectivity index (χ4n) is 3.20. The summed E-state index contributed by atoms with van der Waals surface area (Å²) in [6.45, 7) is 2.10. The maximum atomic E-state index is 14.7. The van der Waals surface area contributed by atoms with Crippen molar-refractivity contribution in [2.24, 2.45) is 0 Å². The number of aromatic nitrogens is 1. The molecule has 4 aromatic rings. The third kappa shape index (κ3) is 3.59. The maximum absolute atomic E-state index is 14.7. The number of hydrogen-bond acceptors (Lipinski definition) is 2. The second-order valence-corrected chi connectivity index (χ2v) is 9.40. The van der Waals surface area contributed by atoms with E-state index in [4.69, 9.17) is 16.3 Å². The molecule has 0 aliphatic carbocycles. The molecule has 0 bridgehead atoms. The molecule has 0 saturated carbocycles. The van der Waals surface area contributed by atoms with Crippen LogP contribution in [0.15, 0.2) is 78.9 Å². The highest BCUT2D eigenvalue weighted by Crippen LogP contribution is 2.31. The zero-order valence-electron chi connectivity index (χ0n) is 14.7. The lowest BCUT2D eigenvalue weighted by molar-refractivity contribution is 0.481. The molecule has 0 fully saturated rings. The predicted molar refractivity (Wildman–Crippen MR) is 112 cm³/mol. The zero-order chi connectivity index (χ0) is 18.8. The van der Waals surface area contributed by atoms with Crippen molar-refractivity contribution in [3.8, 4) is 11.5 Å². The van der Waals surface area contributed by atoms with E-state index < -0.39 is 8.80 Å². The normalized spacial score (nSPS) is 12.1. The molecule has 134 valence electrons. The van der Waals surface area contributed by atoms with Gasteiger partial charge in [-0.1, -0.05) is 77.9 Å². The third-order valence-corrected chi connectivity index (χ3v) is 7.69. The fourth-order valence-corrected chi connectivity index (χ4v) is 5.61. The molecular formula is C22H17ClFNOSi. The summed E-state index contributed by atoms with van der Waals surface area (Å²) in [5.41, 5.74) is 0.793. The summed E-state index contributed by atoms with van der Waals surface area (Å²) in [4.78, 5) is 4.38. The Kier molecular flexibility index (Phi) is 4.92. The van der Waals surface area contributed by atoms with E-state index in [1.807, 2.05) is 60.7 Å². The number of nitrogens with zero attached hydrogens (tertiary/aromatic N) is 1. The molecule has 0 aliphatic heterocycles. The molecule has 2 nitrogen and oxygen atoms in total. The number of fused-ring (bicyclic) bond motifs is 1. The van der Waals surface area contributed by atoms with Crippen LogP contribution < -0.4 is 15.1 Å². The van der Waals surface area contributed by atoms with E-state index in [0.717, 1.165) is 16.1 Å². The molecule has 1 unspecified atom stereocenters. The number of pyridine rings is 1. The molecule has 0 spiro atoms. The van der Waals surface area contributed by atoms with Gasteiger partial charge in [-0.3, -0.25) is 0 Å². The van der Waals surface area contributed by atoms with Crippen molar-refractivity contribution in [3.05, 3.63) is 89.8 Å². The summed E-state index contributed by atoms with van der Waals surface area (Å²) in [7, 11) is -1.77. The Labute approximate surface area is 163 Å². The van der Waals surface area contributed by atoms with E-state index in [1.165, 1.54) is 6.07 Å². The second-order valence-electron chi connectivity index (χ2n) is 6.36. The molecule has 1 heterocycles. The first kappa shape index (κ1) is 17.7. The lowest BCUT2D eigenvalue weighted by Gasteiger charge is -2.17. The average molecular weight is 394 g/mol. The van der Waals surface area contributed by atoms with Gasteiger partial charge in [0.2, 0.25) is 0 Å². The first-order chi connectivity index (χ1) is 13.1. The first-order valence-corrected chi connectivity index (χ1v) is 11.4. The molecule has 1 aromatic heterocycles. The van der Waals surface area contributed by atoms with E-state index in [9.17, 15) is 4.39 Å². The second kappa shape index (κ2) is 7.51. The van der Waals surface area contributed by atoms with Crippen LogP contribution in [-0.4, -0.2) is 13.8 Å². The van der Waals surface area contributed by atoms with Crippen molar-refractivity contribution in [2.45, 2.75) is 6.55 Å². The summed E-state index contributed by atoms with van der Waals surface area (Å²) in [6, 6.07) is 24.4. The smallest absolute Gasteiger partial charge is 0.172 e. The van der Waals surface area contributed by atoms with E-state index in [2.05, 4.69) is 11.5 Å². The predicted octanol–water partition coefficient (Wildman–Crippen LogP) is 4.79. The van der Waals surface area contributed by atoms with Crippen molar-refractivity contribution < 1.29 is 9.13 Å². The Morgan fingerprint density at radius 3 is 2.44 bits per heavy atom. The van der Waals surface area contributed by atoms with E-state index >= 15 is 0 Å². The van der Waals surface area contributed by atoms with Crippen LogP contribution >= 0.6 is 11.6 Å². The monoisotopic (exact) mass is 393 g/mol. The van der Waals surface area contributed by atoms with Crippen LogP contribution in [0, 0.1) is 5.82 Å².